The van der Waals surface area contributed by atoms with Crippen LogP contribution < -0.4 is 10.5 Å². The summed E-state index contributed by atoms with van der Waals surface area (Å²) in [6.45, 7) is 4.03. The van der Waals surface area contributed by atoms with Gasteiger partial charge >= 0.3 is 0 Å². The minimum Gasteiger partial charge on any atom is -0.482 e. The molecule has 1 aliphatic heterocycles. The highest BCUT2D eigenvalue weighted by molar-refractivity contribution is 6.34. The van der Waals surface area contributed by atoms with Crippen molar-refractivity contribution in [2.24, 2.45) is 11.1 Å². The highest BCUT2D eigenvalue weighted by atomic mass is 35.5. The normalized spacial score (nSPS) is 21.0. The summed E-state index contributed by atoms with van der Waals surface area (Å²) in [5.41, 5.74) is 5.75. The number of halogens is 3. The predicted molar refractivity (Wildman–Crippen MR) is 87.6 cm³/mol. The molecule has 0 saturated carbocycles. The summed E-state index contributed by atoms with van der Waals surface area (Å²) in [5, 5.41) is 0.962. The van der Waals surface area contributed by atoms with Crippen LogP contribution in [0, 0.1) is 5.41 Å². The van der Waals surface area contributed by atoms with Gasteiger partial charge in [-0.25, -0.2) is 0 Å². The van der Waals surface area contributed by atoms with Crippen LogP contribution in [-0.2, 0) is 4.79 Å². The lowest BCUT2D eigenvalue weighted by atomic mass is 9.90. The lowest BCUT2D eigenvalue weighted by Crippen LogP contribution is -2.36. The largest absolute Gasteiger partial charge is 0.482 e. The van der Waals surface area contributed by atoms with Gasteiger partial charge in [0, 0.05) is 24.2 Å². The van der Waals surface area contributed by atoms with Crippen molar-refractivity contribution >= 4 is 41.5 Å². The third-order valence-corrected chi connectivity index (χ3v) is 4.20. The second-order valence-electron chi connectivity index (χ2n) is 5.44. The molecule has 1 aromatic rings. The molecule has 1 saturated heterocycles. The summed E-state index contributed by atoms with van der Waals surface area (Å²) >= 11 is 11.8. The number of nitrogens with two attached hydrogens (primary N) is 1. The van der Waals surface area contributed by atoms with Gasteiger partial charge in [-0.3, -0.25) is 4.79 Å². The van der Waals surface area contributed by atoms with E-state index in [-0.39, 0.29) is 30.3 Å². The van der Waals surface area contributed by atoms with Crippen molar-refractivity contribution in [3.05, 3.63) is 28.2 Å². The molecule has 1 amide bonds. The molecular weight excluding hydrogens is 335 g/mol. The van der Waals surface area contributed by atoms with E-state index >= 15 is 0 Å². The van der Waals surface area contributed by atoms with Crippen LogP contribution in [0.2, 0.25) is 10.0 Å². The van der Waals surface area contributed by atoms with Gasteiger partial charge in [0.25, 0.3) is 5.91 Å². The molecule has 1 atom stereocenters. The van der Waals surface area contributed by atoms with Crippen molar-refractivity contribution in [2.75, 3.05) is 26.2 Å². The van der Waals surface area contributed by atoms with Gasteiger partial charge in [0.1, 0.15) is 5.75 Å². The van der Waals surface area contributed by atoms with E-state index in [2.05, 4.69) is 6.92 Å². The van der Waals surface area contributed by atoms with Crippen LogP contribution in [0.15, 0.2) is 18.2 Å². The molecule has 1 aromatic carbocycles. The molecule has 0 spiro atoms. The van der Waals surface area contributed by atoms with Crippen molar-refractivity contribution in [1.29, 1.82) is 0 Å². The van der Waals surface area contributed by atoms with E-state index in [1.807, 2.05) is 0 Å². The molecule has 1 aliphatic rings. The van der Waals surface area contributed by atoms with Gasteiger partial charge in [0.2, 0.25) is 0 Å². The minimum absolute atomic E-state index is 0. The Morgan fingerprint density at radius 1 is 1.48 bits per heavy atom. The summed E-state index contributed by atoms with van der Waals surface area (Å²) in [5.74, 6) is 0.367. The molecule has 7 heteroatoms. The molecular formula is C14H19Cl3N2O2. The maximum absolute atomic E-state index is 12.1. The van der Waals surface area contributed by atoms with E-state index in [9.17, 15) is 4.79 Å². The fraction of sp³-hybridized carbons (Fsp3) is 0.500. The third kappa shape index (κ3) is 4.65. The number of benzene rings is 1. The fourth-order valence-corrected chi connectivity index (χ4v) is 2.56. The number of carbonyl (C=O) groups is 1. The Balaban J connectivity index is 0.00000220. The van der Waals surface area contributed by atoms with Crippen molar-refractivity contribution in [3.8, 4) is 5.75 Å². The van der Waals surface area contributed by atoms with Crippen molar-refractivity contribution in [2.45, 2.75) is 13.3 Å². The zero-order valence-corrected chi connectivity index (χ0v) is 14.1. The molecule has 0 aliphatic carbocycles. The molecule has 0 bridgehead atoms. The van der Waals surface area contributed by atoms with Crippen molar-refractivity contribution in [1.82, 2.24) is 4.90 Å². The summed E-state index contributed by atoms with van der Waals surface area (Å²) in [6.07, 6.45) is 0.924. The Morgan fingerprint density at radius 3 is 2.81 bits per heavy atom. The second kappa shape index (κ2) is 7.54. The first-order valence-electron chi connectivity index (χ1n) is 6.49. The van der Waals surface area contributed by atoms with Gasteiger partial charge in [0.15, 0.2) is 6.61 Å². The number of likely N-dealkylation sites (tertiary alicyclic amines) is 1. The van der Waals surface area contributed by atoms with Gasteiger partial charge in [-0.2, -0.15) is 0 Å². The minimum atomic E-state index is -0.0572. The maximum atomic E-state index is 12.1. The zero-order chi connectivity index (χ0) is 14.8. The highest BCUT2D eigenvalue weighted by Crippen LogP contribution is 2.30. The van der Waals surface area contributed by atoms with Crippen LogP contribution in [0.4, 0.5) is 0 Å². The van der Waals surface area contributed by atoms with Crippen molar-refractivity contribution < 1.29 is 9.53 Å². The van der Waals surface area contributed by atoms with Crippen LogP contribution in [0.3, 0.4) is 0 Å². The summed E-state index contributed by atoms with van der Waals surface area (Å²) in [7, 11) is 0. The standard InChI is InChI=1S/C14H18Cl2N2O2.ClH/c1-14(8-17)4-5-18(9-14)13(19)7-20-12-6-10(15)2-3-11(12)16;/h2-3,6H,4-5,7-9,17H2,1H3;1H. The number of nitrogens with zero attached hydrogens (tertiary/aromatic N) is 1. The molecule has 118 valence electrons. The molecule has 2 N–H and O–H groups in total. The second-order valence-corrected chi connectivity index (χ2v) is 6.29. The number of ether oxygens (including phenoxy) is 1. The topological polar surface area (TPSA) is 55.6 Å². The Kier molecular flexibility index (Phi) is 6.60. The SMILES string of the molecule is CC1(CN)CCN(C(=O)COc2cc(Cl)ccc2Cl)C1.Cl. The molecule has 21 heavy (non-hydrogen) atoms. The van der Waals surface area contributed by atoms with Gasteiger partial charge < -0.3 is 15.4 Å². The lowest BCUT2D eigenvalue weighted by molar-refractivity contribution is -0.132. The predicted octanol–water partition coefficient (Wildman–Crippen LogP) is 2.99. The van der Waals surface area contributed by atoms with Gasteiger partial charge in [-0.1, -0.05) is 30.1 Å². The Hall–Kier alpha value is -0.680. The van der Waals surface area contributed by atoms with Crippen LogP contribution >= 0.6 is 35.6 Å². The van der Waals surface area contributed by atoms with E-state index < -0.39 is 0 Å². The number of carbonyl (C=O) groups excluding carboxylic acids is 1. The molecule has 4 nitrogen and oxygen atoms in total. The van der Waals surface area contributed by atoms with E-state index in [1.54, 1.807) is 23.1 Å². The Labute approximate surface area is 140 Å². The Morgan fingerprint density at radius 2 is 2.19 bits per heavy atom. The van der Waals surface area contributed by atoms with E-state index in [1.165, 1.54) is 0 Å². The van der Waals surface area contributed by atoms with Gasteiger partial charge in [-0.05, 0) is 30.5 Å². The summed E-state index contributed by atoms with van der Waals surface area (Å²) < 4.78 is 5.45. The van der Waals surface area contributed by atoms with Crippen LogP contribution in [0.5, 0.6) is 5.75 Å². The smallest absolute Gasteiger partial charge is 0.260 e. The monoisotopic (exact) mass is 352 g/mol. The van der Waals surface area contributed by atoms with E-state index in [0.717, 1.165) is 13.0 Å². The number of amides is 1. The Bertz CT molecular complexity index is 513. The van der Waals surface area contributed by atoms with Crippen LogP contribution in [0.25, 0.3) is 0 Å². The average molecular weight is 354 g/mol. The molecule has 0 aromatic heterocycles. The quantitative estimate of drug-likeness (QED) is 0.905. The van der Waals surface area contributed by atoms with Crippen LogP contribution in [-0.4, -0.2) is 37.0 Å². The first kappa shape index (κ1) is 18.4. The molecule has 1 fully saturated rings. The molecule has 1 unspecified atom stereocenters. The highest BCUT2D eigenvalue weighted by Gasteiger charge is 2.34. The van der Waals surface area contributed by atoms with Gasteiger partial charge in [0.05, 0.1) is 5.02 Å². The van der Waals surface area contributed by atoms with Crippen molar-refractivity contribution in [3.63, 3.8) is 0 Å². The van der Waals surface area contributed by atoms with Gasteiger partial charge in [-0.15, -0.1) is 12.4 Å². The third-order valence-electron chi connectivity index (χ3n) is 3.65. The fourth-order valence-electron chi connectivity index (χ4n) is 2.22. The molecule has 0 radical (unpaired) electrons. The van der Waals surface area contributed by atoms with E-state index in [0.29, 0.717) is 28.9 Å². The first-order chi connectivity index (χ1) is 9.43. The maximum Gasteiger partial charge on any atom is 0.260 e. The molecule has 2 rings (SSSR count). The number of hydrogen-bond donors (Lipinski definition) is 1. The number of hydrogen-bond acceptors (Lipinski definition) is 3. The number of rotatable bonds is 4. The summed E-state index contributed by atoms with van der Waals surface area (Å²) in [4.78, 5) is 13.9. The lowest BCUT2D eigenvalue weighted by Gasteiger charge is -2.22. The average Bonchev–Trinajstić information content (AvgIpc) is 2.83. The zero-order valence-electron chi connectivity index (χ0n) is 11.8. The molecule has 1 heterocycles. The van der Waals surface area contributed by atoms with E-state index in [4.69, 9.17) is 33.7 Å². The summed E-state index contributed by atoms with van der Waals surface area (Å²) in [6, 6.07) is 4.92. The first-order valence-corrected chi connectivity index (χ1v) is 7.25. The van der Waals surface area contributed by atoms with Crippen LogP contribution in [0.1, 0.15) is 13.3 Å².